The molecular weight excluding hydrogens is 455 g/mol. The van der Waals surface area contributed by atoms with E-state index in [1.165, 1.54) is 15.6 Å². The molecule has 7 nitrogen and oxygen atoms in total. The van der Waals surface area contributed by atoms with Gasteiger partial charge in [0.2, 0.25) is 0 Å². The van der Waals surface area contributed by atoms with Crippen molar-refractivity contribution in [2.45, 2.75) is 4.21 Å². The van der Waals surface area contributed by atoms with Crippen molar-refractivity contribution in [1.82, 2.24) is 19.4 Å². The molecule has 3 aromatic rings. The lowest BCUT2D eigenvalue weighted by molar-refractivity contribution is 0.0692. The van der Waals surface area contributed by atoms with Crippen LogP contribution in [0.4, 0.5) is 0 Å². The van der Waals surface area contributed by atoms with Crippen LogP contribution in [0.5, 0.6) is 0 Å². The van der Waals surface area contributed by atoms with Gasteiger partial charge in [-0.1, -0.05) is 29.3 Å². The molecule has 11 heteroatoms. The van der Waals surface area contributed by atoms with Gasteiger partial charge >= 0.3 is 0 Å². The van der Waals surface area contributed by atoms with Crippen molar-refractivity contribution in [2.24, 2.45) is 0 Å². The molecule has 0 saturated carbocycles. The number of nitrogens with zero attached hydrogens (tertiary/aromatic N) is 3. The molecule has 1 saturated heterocycles. The Labute approximate surface area is 181 Å². The maximum absolute atomic E-state index is 12.8. The smallest absolute Gasteiger partial charge is 0.271 e. The number of halogens is 2. The van der Waals surface area contributed by atoms with Gasteiger partial charge in [-0.2, -0.15) is 9.40 Å². The van der Waals surface area contributed by atoms with E-state index in [1.807, 2.05) is 0 Å². The quantitative estimate of drug-likeness (QED) is 0.630. The highest BCUT2D eigenvalue weighted by Crippen LogP contribution is 2.29. The Bertz CT molecular complexity index is 1140. The molecule has 0 atom stereocenters. The van der Waals surface area contributed by atoms with E-state index < -0.39 is 10.0 Å². The second kappa shape index (κ2) is 8.08. The Morgan fingerprint density at radius 3 is 2.52 bits per heavy atom. The molecule has 29 heavy (non-hydrogen) atoms. The minimum absolute atomic E-state index is 0.234. The van der Waals surface area contributed by atoms with E-state index in [2.05, 4.69) is 10.2 Å². The van der Waals surface area contributed by atoms with Crippen LogP contribution in [0, 0.1) is 0 Å². The summed E-state index contributed by atoms with van der Waals surface area (Å²) in [5, 5.41) is 9.61. The number of hydrogen-bond acceptors (Lipinski definition) is 5. The van der Waals surface area contributed by atoms with Gasteiger partial charge in [-0.15, -0.1) is 11.3 Å². The van der Waals surface area contributed by atoms with Gasteiger partial charge < -0.3 is 4.90 Å². The van der Waals surface area contributed by atoms with E-state index >= 15 is 0 Å². The van der Waals surface area contributed by atoms with Crippen molar-refractivity contribution >= 4 is 50.5 Å². The Morgan fingerprint density at radius 1 is 1.10 bits per heavy atom. The average molecular weight is 471 g/mol. The summed E-state index contributed by atoms with van der Waals surface area (Å²) in [6.07, 6.45) is 0. The summed E-state index contributed by atoms with van der Waals surface area (Å²) in [7, 11) is -3.50. The molecule has 1 fully saturated rings. The molecule has 0 bridgehead atoms. The fourth-order valence-electron chi connectivity index (χ4n) is 3.11. The van der Waals surface area contributed by atoms with Gasteiger partial charge in [0, 0.05) is 36.8 Å². The third-order valence-corrected chi connectivity index (χ3v) is 8.45. The predicted octanol–water partition coefficient (Wildman–Crippen LogP) is 3.59. The maximum atomic E-state index is 12.8. The van der Waals surface area contributed by atoms with E-state index in [-0.39, 0.29) is 19.0 Å². The normalized spacial score (nSPS) is 15.6. The summed E-state index contributed by atoms with van der Waals surface area (Å²) in [6.45, 7) is 1.10. The molecule has 2 aromatic heterocycles. The molecule has 0 radical (unpaired) electrons. The van der Waals surface area contributed by atoms with Gasteiger partial charge in [-0.3, -0.25) is 9.89 Å². The van der Waals surface area contributed by atoms with Crippen LogP contribution in [0.1, 0.15) is 10.5 Å². The first-order valence-corrected chi connectivity index (χ1v) is 11.8. The van der Waals surface area contributed by atoms with Crippen molar-refractivity contribution in [3.05, 3.63) is 57.5 Å². The highest BCUT2D eigenvalue weighted by molar-refractivity contribution is 7.91. The Hall–Kier alpha value is -1.91. The Balaban J connectivity index is 1.45. The molecule has 1 aliphatic rings. The summed E-state index contributed by atoms with van der Waals surface area (Å²) in [6, 6.07) is 9.98. The SMILES string of the molecule is O=C(c1cc(-c2ccc(Cl)cc2Cl)n[nH]1)N1CCN(S(=O)(=O)c2cccs2)CC1. The fraction of sp³-hybridized carbons (Fsp3) is 0.222. The molecular formula is C18H16Cl2N4O3S2. The predicted molar refractivity (Wildman–Crippen MR) is 113 cm³/mol. The van der Waals surface area contributed by atoms with E-state index in [1.54, 1.807) is 46.7 Å². The van der Waals surface area contributed by atoms with Gasteiger partial charge in [0.25, 0.3) is 15.9 Å². The lowest BCUT2D eigenvalue weighted by Crippen LogP contribution is -2.50. The zero-order valence-corrected chi connectivity index (χ0v) is 18.2. The second-order valence-corrected chi connectivity index (χ2v) is 10.4. The minimum Gasteiger partial charge on any atom is -0.335 e. The number of aromatic amines is 1. The first kappa shape index (κ1) is 20.4. The average Bonchev–Trinajstić information content (AvgIpc) is 3.40. The Kier molecular flexibility index (Phi) is 5.67. The van der Waals surface area contributed by atoms with Gasteiger partial charge in [0.1, 0.15) is 9.90 Å². The van der Waals surface area contributed by atoms with E-state index in [9.17, 15) is 13.2 Å². The first-order valence-electron chi connectivity index (χ1n) is 8.70. The van der Waals surface area contributed by atoms with Crippen LogP contribution < -0.4 is 0 Å². The number of rotatable bonds is 4. The van der Waals surface area contributed by atoms with Crippen LogP contribution in [-0.4, -0.2) is 59.9 Å². The number of carbonyl (C=O) groups is 1. The van der Waals surface area contributed by atoms with Crippen LogP contribution in [0.25, 0.3) is 11.3 Å². The van der Waals surface area contributed by atoms with E-state index in [4.69, 9.17) is 23.2 Å². The maximum Gasteiger partial charge on any atom is 0.271 e. The number of piperazine rings is 1. The van der Waals surface area contributed by atoms with Crippen molar-refractivity contribution in [1.29, 1.82) is 0 Å². The van der Waals surface area contributed by atoms with Gasteiger partial charge in [0.05, 0.1) is 10.7 Å². The lowest BCUT2D eigenvalue weighted by Gasteiger charge is -2.33. The minimum atomic E-state index is -3.50. The van der Waals surface area contributed by atoms with E-state index in [0.29, 0.717) is 44.3 Å². The summed E-state index contributed by atoms with van der Waals surface area (Å²) in [4.78, 5) is 14.4. The third kappa shape index (κ3) is 4.06. The van der Waals surface area contributed by atoms with Crippen LogP contribution in [0.3, 0.4) is 0 Å². The van der Waals surface area contributed by atoms with Crippen LogP contribution in [0.2, 0.25) is 10.0 Å². The number of carbonyl (C=O) groups excluding carboxylic acids is 1. The summed E-state index contributed by atoms with van der Waals surface area (Å²) in [5.41, 5.74) is 1.52. The topological polar surface area (TPSA) is 86.4 Å². The first-order chi connectivity index (χ1) is 13.9. The third-order valence-electron chi connectivity index (χ3n) is 4.63. The molecule has 1 N–H and O–H groups in total. The Morgan fingerprint density at radius 2 is 1.86 bits per heavy atom. The number of nitrogens with one attached hydrogen (secondary N) is 1. The molecule has 0 aliphatic carbocycles. The van der Waals surface area contributed by atoms with Crippen LogP contribution in [-0.2, 0) is 10.0 Å². The van der Waals surface area contributed by atoms with Crippen molar-refractivity contribution in [2.75, 3.05) is 26.2 Å². The molecule has 0 spiro atoms. The second-order valence-electron chi connectivity index (χ2n) is 6.42. The number of thiophene rings is 1. The molecule has 3 heterocycles. The fourth-order valence-corrected chi connectivity index (χ4v) is 6.18. The highest BCUT2D eigenvalue weighted by atomic mass is 35.5. The number of H-pyrrole nitrogens is 1. The van der Waals surface area contributed by atoms with Crippen molar-refractivity contribution in [3.8, 4) is 11.3 Å². The van der Waals surface area contributed by atoms with Crippen molar-refractivity contribution in [3.63, 3.8) is 0 Å². The molecule has 1 amide bonds. The molecule has 1 aromatic carbocycles. The molecule has 1 aliphatic heterocycles. The summed E-state index contributed by atoms with van der Waals surface area (Å²) >= 11 is 13.3. The van der Waals surface area contributed by atoms with Gasteiger partial charge in [-0.05, 0) is 35.7 Å². The van der Waals surface area contributed by atoms with Gasteiger partial charge in [0.15, 0.2) is 0 Å². The molecule has 0 unspecified atom stereocenters. The molecule has 152 valence electrons. The van der Waals surface area contributed by atoms with E-state index in [0.717, 1.165) is 0 Å². The standard InChI is InChI=1S/C18H16Cl2N4O3S2/c19-12-3-4-13(14(20)10-12)15-11-16(22-21-15)18(25)23-5-7-24(8-6-23)29(26,27)17-2-1-9-28-17/h1-4,9-11H,5-8H2,(H,21,22). The largest absolute Gasteiger partial charge is 0.335 e. The number of aromatic nitrogens is 2. The zero-order valence-electron chi connectivity index (χ0n) is 15.0. The summed E-state index contributed by atoms with van der Waals surface area (Å²) < 4.78 is 26.9. The van der Waals surface area contributed by atoms with Crippen LogP contribution >= 0.6 is 34.5 Å². The van der Waals surface area contributed by atoms with Crippen molar-refractivity contribution < 1.29 is 13.2 Å². The molecule has 4 rings (SSSR count). The number of benzene rings is 1. The number of amides is 1. The summed E-state index contributed by atoms with van der Waals surface area (Å²) in [5.74, 6) is -0.234. The number of hydrogen-bond donors (Lipinski definition) is 1. The van der Waals surface area contributed by atoms with Crippen LogP contribution in [0.15, 0.2) is 46.0 Å². The lowest BCUT2D eigenvalue weighted by atomic mass is 10.1. The highest BCUT2D eigenvalue weighted by Gasteiger charge is 2.31. The van der Waals surface area contributed by atoms with Gasteiger partial charge in [-0.25, -0.2) is 8.42 Å². The zero-order chi connectivity index (χ0) is 20.6. The number of sulfonamides is 1. The monoisotopic (exact) mass is 470 g/mol.